The van der Waals surface area contributed by atoms with Crippen LogP contribution in [0.5, 0.6) is 0 Å². The maximum absolute atomic E-state index is 6.05. The fraction of sp³-hybridized carbons (Fsp3) is 0.100. The fourth-order valence-electron chi connectivity index (χ4n) is 1.15. The Balaban J connectivity index is 2.53. The van der Waals surface area contributed by atoms with E-state index in [1.165, 1.54) is 6.33 Å². The zero-order chi connectivity index (χ0) is 9.97. The van der Waals surface area contributed by atoms with Gasteiger partial charge < -0.3 is 0 Å². The Kier molecular flexibility index (Phi) is 2.41. The maximum Gasteiger partial charge on any atom is 0.201 e. The zero-order valence-corrected chi connectivity index (χ0v) is 8.28. The number of rotatable bonds is 1. The van der Waals surface area contributed by atoms with Gasteiger partial charge in [-0.25, -0.2) is 15.0 Å². The van der Waals surface area contributed by atoms with Gasteiger partial charge in [-0.05, 0) is 24.6 Å². The van der Waals surface area contributed by atoms with E-state index in [0.29, 0.717) is 10.8 Å². The predicted octanol–water partition coefficient (Wildman–Crippen LogP) is 2.30. The van der Waals surface area contributed by atoms with E-state index in [1.807, 2.05) is 25.1 Å². The van der Waals surface area contributed by atoms with E-state index in [4.69, 9.17) is 11.6 Å². The van der Waals surface area contributed by atoms with Crippen LogP contribution in [-0.4, -0.2) is 15.0 Å². The molecule has 0 aliphatic carbocycles. The Hall–Kier alpha value is -1.48. The molecule has 1 radical (unpaired) electrons. The average Bonchev–Trinajstić information content (AvgIpc) is 2.19. The first-order chi connectivity index (χ1) is 6.77. The Labute approximate surface area is 86.8 Å². The minimum absolute atomic E-state index is 0.546. The number of nitrogens with zero attached hydrogens (tertiary/aromatic N) is 3. The van der Waals surface area contributed by atoms with Crippen molar-refractivity contribution in [3.05, 3.63) is 41.4 Å². The Bertz CT molecular complexity index is 442. The smallest absolute Gasteiger partial charge is 0.201 e. The SMILES string of the molecule is Cc1ccc(-c2n[c]ncn2)c(Cl)c1. The van der Waals surface area contributed by atoms with E-state index in [1.54, 1.807) is 0 Å². The molecule has 4 heteroatoms. The highest BCUT2D eigenvalue weighted by molar-refractivity contribution is 6.33. The summed E-state index contributed by atoms with van der Waals surface area (Å²) in [6.07, 6.45) is 3.88. The fourth-order valence-corrected chi connectivity index (χ4v) is 1.47. The van der Waals surface area contributed by atoms with Gasteiger partial charge in [-0.15, -0.1) is 0 Å². The number of hydrogen-bond acceptors (Lipinski definition) is 3. The lowest BCUT2D eigenvalue weighted by molar-refractivity contribution is 1.04. The van der Waals surface area contributed by atoms with E-state index in [0.717, 1.165) is 11.1 Å². The highest BCUT2D eigenvalue weighted by Crippen LogP contribution is 2.24. The molecule has 0 N–H and O–H groups in total. The molecule has 1 aromatic carbocycles. The molecule has 0 aliphatic heterocycles. The lowest BCUT2D eigenvalue weighted by Crippen LogP contribution is -1.90. The first-order valence-corrected chi connectivity index (χ1v) is 4.47. The number of benzene rings is 1. The van der Waals surface area contributed by atoms with Crippen molar-refractivity contribution in [1.29, 1.82) is 0 Å². The van der Waals surface area contributed by atoms with Gasteiger partial charge in [0.05, 0.1) is 5.02 Å². The minimum Gasteiger partial charge on any atom is -0.216 e. The molecule has 0 amide bonds. The molecule has 1 heterocycles. The molecule has 1 aromatic heterocycles. The van der Waals surface area contributed by atoms with Crippen LogP contribution < -0.4 is 0 Å². The van der Waals surface area contributed by atoms with Gasteiger partial charge >= 0.3 is 0 Å². The lowest BCUT2D eigenvalue weighted by Gasteiger charge is -2.02. The van der Waals surface area contributed by atoms with Crippen molar-refractivity contribution in [2.75, 3.05) is 0 Å². The minimum atomic E-state index is 0.546. The third kappa shape index (κ3) is 1.72. The molecule has 14 heavy (non-hydrogen) atoms. The van der Waals surface area contributed by atoms with Crippen LogP contribution in [0.15, 0.2) is 24.5 Å². The second-order valence-corrected chi connectivity index (χ2v) is 3.30. The van der Waals surface area contributed by atoms with Crippen molar-refractivity contribution in [2.24, 2.45) is 0 Å². The molecular weight excluding hydrogens is 198 g/mol. The van der Waals surface area contributed by atoms with Crippen LogP contribution in [0.4, 0.5) is 0 Å². The Morgan fingerprint density at radius 1 is 1.36 bits per heavy atom. The highest BCUT2D eigenvalue weighted by Gasteiger charge is 2.05. The first kappa shape index (κ1) is 9.09. The van der Waals surface area contributed by atoms with E-state index < -0.39 is 0 Å². The summed E-state index contributed by atoms with van der Waals surface area (Å²) in [7, 11) is 0. The van der Waals surface area contributed by atoms with Crippen molar-refractivity contribution in [2.45, 2.75) is 6.92 Å². The van der Waals surface area contributed by atoms with E-state index in [-0.39, 0.29) is 0 Å². The molecule has 3 nitrogen and oxygen atoms in total. The zero-order valence-electron chi connectivity index (χ0n) is 7.53. The molecule has 0 saturated heterocycles. The van der Waals surface area contributed by atoms with Crippen molar-refractivity contribution in [1.82, 2.24) is 15.0 Å². The van der Waals surface area contributed by atoms with Crippen LogP contribution >= 0.6 is 11.6 Å². The van der Waals surface area contributed by atoms with Crippen molar-refractivity contribution < 1.29 is 0 Å². The quantitative estimate of drug-likeness (QED) is 0.716. The van der Waals surface area contributed by atoms with Gasteiger partial charge in [-0.1, -0.05) is 17.7 Å². The molecule has 0 saturated carbocycles. The average molecular weight is 205 g/mol. The Morgan fingerprint density at radius 3 is 2.86 bits per heavy atom. The molecule has 2 rings (SSSR count). The van der Waals surface area contributed by atoms with Gasteiger partial charge in [0.2, 0.25) is 6.33 Å². The van der Waals surface area contributed by atoms with Crippen LogP contribution in [0.3, 0.4) is 0 Å². The topological polar surface area (TPSA) is 38.7 Å². The van der Waals surface area contributed by atoms with E-state index >= 15 is 0 Å². The van der Waals surface area contributed by atoms with E-state index in [2.05, 4.69) is 21.3 Å². The summed E-state index contributed by atoms with van der Waals surface area (Å²) in [5.41, 5.74) is 1.91. The lowest BCUT2D eigenvalue weighted by atomic mass is 10.1. The molecule has 0 aliphatic rings. The molecule has 0 bridgehead atoms. The molecule has 0 atom stereocenters. The molecule has 0 spiro atoms. The van der Waals surface area contributed by atoms with Crippen LogP contribution in [0.25, 0.3) is 11.4 Å². The van der Waals surface area contributed by atoms with Crippen LogP contribution in [0, 0.1) is 13.3 Å². The van der Waals surface area contributed by atoms with Crippen molar-refractivity contribution in [3.63, 3.8) is 0 Å². The second-order valence-electron chi connectivity index (χ2n) is 2.89. The summed E-state index contributed by atoms with van der Waals surface area (Å²) < 4.78 is 0. The van der Waals surface area contributed by atoms with E-state index in [9.17, 15) is 0 Å². The van der Waals surface area contributed by atoms with Crippen molar-refractivity contribution in [3.8, 4) is 11.4 Å². The van der Waals surface area contributed by atoms with Gasteiger partial charge in [0.15, 0.2) is 5.82 Å². The summed E-state index contributed by atoms with van der Waals surface area (Å²) >= 11 is 6.05. The van der Waals surface area contributed by atoms with Gasteiger partial charge in [0.25, 0.3) is 0 Å². The van der Waals surface area contributed by atoms with Crippen LogP contribution in [0.2, 0.25) is 5.02 Å². The maximum atomic E-state index is 6.05. The molecule has 0 unspecified atom stereocenters. The van der Waals surface area contributed by atoms with Gasteiger partial charge in [0.1, 0.15) is 6.33 Å². The van der Waals surface area contributed by atoms with Gasteiger partial charge in [-0.2, -0.15) is 0 Å². The second kappa shape index (κ2) is 3.72. The standard InChI is InChI=1S/C10H7ClN3/c1-7-2-3-8(9(11)4-7)10-13-5-12-6-14-10/h2-5H,1H3. The summed E-state index contributed by atoms with van der Waals surface area (Å²) in [5.74, 6) is 0.546. The number of halogens is 1. The summed E-state index contributed by atoms with van der Waals surface area (Å²) in [5, 5.41) is 0.643. The summed E-state index contributed by atoms with van der Waals surface area (Å²) in [6.45, 7) is 1.98. The first-order valence-electron chi connectivity index (χ1n) is 4.09. The van der Waals surface area contributed by atoms with Gasteiger partial charge in [-0.3, -0.25) is 0 Å². The third-order valence-corrected chi connectivity index (χ3v) is 2.13. The normalized spacial score (nSPS) is 10.1. The summed E-state index contributed by atoms with van der Waals surface area (Å²) in [4.78, 5) is 11.5. The predicted molar refractivity (Wildman–Crippen MR) is 53.8 cm³/mol. The largest absolute Gasteiger partial charge is 0.216 e. The third-order valence-electron chi connectivity index (χ3n) is 1.82. The highest BCUT2D eigenvalue weighted by atomic mass is 35.5. The van der Waals surface area contributed by atoms with Gasteiger partial charge in [0, 0.05) is 5.56 Å². The molecule has 0 fully saturated rings. The monoisotopic (exact) mass is 204 g/mol. The molecule has 2 aromatic rings. The number of aromatic nitrogens is 3. The van der Waals surface area contributed by atoms with Crippen LogP contribution in [-0.2, 0) is 0 Å². The summed E-state index contributed by atoms with van der Waals surface area (Å²) in [6, 6.07) is 5.73. The Morgan fingerprint density at radius 2 is 2.21 bits per heavy atom. The number of hydrogen-bond donors (Lipinski definition) is 0. The van der Waals surface area contributed by atoms with Crippen LogP contribution in [0.1, 0.15) is 5.56 Å². The molecular formula is C10H7ClN3. The molecule has 69 valence electrons. The number of aryl methyl sites for hydroxylation is 1. The van der Waals surface area contributed by atoms with Crippen molar-refractivity contribution >= 4 is 11.6 Å².